The summed E-state index contributed by atoms with van der Waals surface area (Å²) in [5, 5.41) is 11.8. The van der Waals surface area contributed by atoms with E-state index >= 15 is 0 Å². The van der Waals surface area contributed by atoms with E-state index < -0.39 is 0 Å². The monoisotopic (exact) mass is 400 g/mol. The number of hydrogen-bond acceptors (Lipinski definition) is 5. The van der Waals surface area contributed by atoms with E-state index in [9.17, 15) is 0 Å². The standard InChI is InChI=1S/C21H32N6O2/c1-5-11-29-19-7-6-18-15-27(10-8-17(18)13-19)21(22-9-12-28-4)23-14-20-25-24-16(2)26(20)3/h6-7,13H,5,8-12,14-15H2,1-4H3,(H,22,23). The normalized spacial score (nSPS) is 14.1. The minimum Gasteiger partial charge on any atom is -0.494 e. The van der Waals surface area contributed by atoms with Crippen LogP contribution in [0.4, 0.5) is 0 Å². The van der Waals surface area contributed by atoms with E-state index in [2.05, 4.69) is 45.5 Å². The molecule has 8 nitrogen and oxygen atoms in total. The molecule has 1 aromatic heterocycles. The van der Waals surface area contributed by atoms with Crippen molar-refractivity contribution in [1.82, 2.24) is 25.0 Å². The van der Waals surface area contributed by atoms with Gasteiger partial charge in [-0.1, -0.05) is 13.0 Å². The second-order valence-corrected chi connectivity index (χ2v) is 7.23. The summed E-state index contributed by atoms with van der Waals surface area (Å²) in [6.07, 6.45) is 1.98. The highest BCUT2D eigenvalue weighted by Gasteiger charge is 2.20. The predicted molar refractivity (Wildman–Crippen MR) is 113 cm³/mol. The van der Waals surface area contributed by atoms with E-state index in [1.807, 2.05) is 18.5 Å². The van der Waals surface area contributed by atoms with Crippen molar-refractivity contribution in [2.24, 2.45) is 12.0 Å². The van der Waals surface area contributed by atoms with Crippen molar-refractivity contribution in [3.8, 4) is 5.75 Å². The van der Waals surface area contributed by atoms with Gasteiger partial charge in [0.2, 0.25) is 0 Å². The molecule has 1 aliphatic heterocycles. The number of aliphatic imine (C=N–C) groups is 1. The molecule has 0 bridgehead atoms. The number of aryl methyl sites for hydroxylation is 1. The minimum absolute atomic E-state index is 0.486. The van der Waals surface area contributed by atoms with E-state index in [0.717, 1.165) is 55.9 Å². The van der Waals surface area contributed by atoms with Gasteiger partial charge in [0, 0.05) is 33.8 Å². The molecule has 0 spiro atoms. The molecule has 8 heteroatoms. The minimum atomic E-state index is 0.486. The Labute approximate surface area is 172 Å². The second-order valence-electron chi connectivity index (χ2n) is 7.23. The Kier molecular flexibility index (Phi) is 7.46. The Morgan fingerprint density at radius 2 is 2.10 bits per heavy atom. The van der Waals surface area contributed by atoms with E-state index in [4.69, 9.17) is 14.5 Å². The van der Waals surface area contributed by atoms with Crippen LogP contribution in [0, 0.1) is 6.92 Å². The summed E-state index contributed by atoms with van der Waals surface area (Å²) in [6.45, 7) is 8.37. The fraction of sp³-hybridized carbons (Fsp3) is 0.571. The molecular weight excluding hydrogens is 368 g/mol. The average Bonchev–Trinajstić information content (AvgIpc) is 3.06. The van der Waals surface area contributed by atoms with Crippen LogP contribution < -0.4 is 10.1 Å². The zero-order valence-electron chi connectivity index (χ0n) is 17.9. The highest BCUT2D eigenvalue weighted by molar-refractivity contribution is 5.80. The first-order valence-corrected chi connectivity index (χ1v) is 10.2. The van der Waals surface area contributed by atoms with Crippen LogP contribution in [-0.4, -0.2) is 59.0 Å². The number of guanidine groups is 1. The van der Waals surface area contributed by atoms with E-state index in [1.165, 1.54) is 11.1 Å². The third kappa shape index (κ3) is 5.47. The molecule has 0 amide bonds. The maximum Gasteiger partial charge on any atom is 0.194 e. The molecule has 0 fully saturated rings. The fourth-order valence-electron chi connectivity index (χ4n) is 3.29. The van der Waals surface area contributed by atoms with Gasteiger partial charge in [0.1, 0.15) is 18.1 Å². The topological polar surface area (TPSA) is 76.8 Å². The van der Waals surface area contributed by atoms with Crippen LogP contribution in [0.5, 0.6) is 5.75 Å². The SMILES string of the molecule is CCCOc1ccc2c(c1)CCN(C(=NCc1nnc(C)n1C)NCCOC)C2. The number of nitrogens with one attached hydrogen (secondary N) is 1. The molecule has 0 atom stereocenters. The number of rotatable bonds is 8. The van der Waals surface area contributed by atoms with E-state index in [1.54, 1.807) is 7.11 Å². The molecule has 0 saturated heterocycles. The average molecular weight is 401 g/mol. The van der Waals surface area contributed by atoms with Gasteiger partial charge in [0.25, 0.3) is 0 Å². The molecule has 2 aromatic rings. The summed E-state index contributed by atoms with van der Waals surface area (Å²) < 4.78 is 12.9. The quantitative estimate of drug-likeness (QED) is 0.415. The molecule has 0 aliphatic carbocycles. The summed E-state index contributed by atoms with van der Waals surface area (Å²) >= 11 is 0. The van der Waals surface area contributed by atoms with Gasteiger partial charge in [-0.15, -0.1) is 10.2 Å². The van der Waals surface area contributed by atoms with Gasteiger partial charge in [0.15, 0.2) is 11.8 Å². The zero-order valence-corrected chi connectivity index (χ0v) is 17.9. The van der Waals surface area contributed by atoms with Gasteiger partial charge in [-0.25, -0.2) is 4.99 Å². The largest absolute Gasteiger partial charge is 0.494 e. The summed E-state index contributed by atoms with van der Waals surface area (Å²) in [5.41, 5.74) is 2.67. The third-order valence-electron chi connectivity index (χ3n) is 5.10. The summed E-state index contributed by atoms with van der Waals surface area (Å²) in [7, 11) is 3.67. The van der Waals surface area contributed by atoms with Crippen molar-refractivity contribution < 1.29 is 9.47 Å². The Morgan fingerprint density at radius 1 is 1.24 bits per heavy atom. The third-order valence-corrected chi connectivity index (χ3v) is 5.10. The molecular formula is C21H32N6O2. The van der Waals surface area contributed by atoms with Crippen LogP contribution >= 0.6 is 0 Å². The van der Waals surface area contributed by atoms with Crippen LogP contribution in [-0.2, 0) is 31.3 Å². The smallest absolute Gasteiger partial charge is 0.194 e. The van der Waals surface area contributed by atoms with Crippen molar-refractivity contribution in [2.45, 2.75) is 39.8 Å². The highest BCUT2D eigenvalue weighted by atomic mass is 16.5. The molecule has 1 aliphatic rings. The lowest BCUT2D eigenvalue weighted by atomic mass is 9.99. The molecule has 158 valence electrons. The number of hydrogen-bond donors (Lipinski definition) is 1. The lowest BCUT2D eigenvalue weighted by Gasteiger charge is -2.32. The molecule has 29 heavy (non-hydrogen) atoms. The van der Waals surface area contributed by atoms with Crippen molar-refractivity contribution in [2.75, 3.05) is 33.4 Å². The van der Waals surface area contributed by atoms with Gasteiger partial charge in [0.05, 0.1) is 13.2 Å². The number of benzene rings is 1. The summed E-state index contributed by atoms with van der Waals surface area (Å²) in [5.74, 6) is 3.57. The second kappa shape index (κ2) is 10.2. The van der Waals surface area contributed by atoms with E-state index in [0.29, 0.717) is 19.7 Å². The van der Waals surface area contributed by atoms with Gasteiger partial charge in [-0.05, 0) is 43.0 Å². The Hall–Kier alpha value is -2.61. The molecule has 2 heterocycles. The molecule has 1 N–H and O–H groups in total. The first-order chi connectivity index (χ1) is 14.1. The maximum atomic E-state index is 5.78. The Morgan fingerprint density at radius 3 is 2.83 bits per heavy atom. The Balaban J connectivity index is 1.72. The van der Waals surface area contributed by atoms with Gasteiger partial charge in [-0.2, -0.15) is 0 Å². The van der Waals surface area contributed by atoms with Crippen LogP contribution in [0.15, 0.2) is 23.2 Å². The summed E-state index contributed by atoms with van der Waals surface area (Å²) in [6, 6.07) is 6.42. The predicted octanol–water partition coefficient (Wildman–Crippen LogP) is 2.06. The molecule has 0 saturated carbocycles. The van der Waals surface area contributed by atoms with Crippen LogP contribution in [0.1, 0.15) is 36.1 Å². The van der Waals surface area contributed by atoms with Crippen LogP contribution in [0.25, 0.3) is 0 Å². The number of aromatic nitrogens is 3. The van der Waals surface area contributed by atoms with Crippen molar-refractivity contribution in [3.05, 3.63) is 41.0 Å². The van der Waals surface area contributed by atoms with Crippen molar-refractivity contribution in [3.63, 3.8) is 0 Å². The highest BCUT2D eigenvalue weighted by Crippen LogP contribution is 2.24. The maximum absolute atomic E-state index is 5.78. The Bertz CT molecular complexity index is 833. The van der Waals surface area contributed by atoms with Crippen LogP contribution in [0.3, 0.4) is 0 Å². The molecule has 3 rings (SSSR count). The molecule has 0 unspecified atom stereocenters. The number of fused-ring (bicyclic) bond motifs is 1. The van der Waals surface area contributed by atoms with Gasteiger partial charge in [-0.3, -0.25) is 0 Å². The first kappa shape index (κ1) is 21.1. The lowest BCUT2D eigenvalue weighted by Crippen LogP contribution is -2.45. The fourth-order valence-corrected chi connectivity index (χ4v) is 3.29. The summed E-state index contributed by atoms with van der Waals surface area (Å²) in [4.78, 5) is 7.11. The molecule has 0 radical (unpaired) electrons. The van der Waals surface area contributed by atoms with Crippen LogP contribution in [0.2, 0.25) is 0 Å². The number of nitrogens with zero attached hydrogens (tertiary/aromatic N) is 5. The van der Waals surface area contributed by atoms with E-state index in [-0.39, 0.29) is 0 Å². The number of methoxy groups -OCH3 is 1. The van der Waals surface area contributed by atoms with Crippen molar-refractivity contribution in [1.29, 1.82) is 0 Å². The number of ether oxygens (including phenoxy) is 2. The lowest BCUT2D eigenvalue weighted by molar-refractivity contribution is 0.202. The van der Waals surface area contributed by atoms with Crippen molar-refractivity contribution >= 4 is 5.96 Å². The zero-order chi connectivity index (χ0) is 20.6. The first-order valence-electron chi connectivity index (χ1n) is 10.2. The van der Waals surface area contributed by atoms with Gasteiger partial charge >= 0.3 is 0 Å². The van der Waals surface area contributed by atoms with Gasteiger partial charge < -0.3 is 24.3 Å². The molecule has 1 aromatic carbocycles.